The van der Waals surface area contributed by atoms with Crippen molar-refractivity contribution in [2.24, 2.45) is 4.99 Å². The van der Waals surface area contributed by atoms with Gasteiger partial charge in [-0.3, -0.25) is 9.69 Å². The summed E-state index contributed by atoms with van der Waals surface area (Å²) in [6.45, 7) is 2.50. The largest absolute Gasteiger partial charge is 0.497 e. The van der Waals surface area contributed by atoms with Crippen LogP contribution >= 0.6 is 0 Å². The summed E-state index contributed by atoms with van der Waals surface area (Å²) in [5.74, 6) is 2.95. The second-order valence-corrected chi connectivity index (χ2v) is 7.38. The van der Waals surface area contributed by atoms with E-state index in [1.807, 2.05) is 61.5 Å². The van der Waals surface area contributed by atoms with Gasteiger partial charge in [-0.15, -0.1) is 0 Å². The second-order valence-electron chi connectivity index (χ2n) is 7.38. The number of carbonyl (C=O) groups is 1. The van der Waals surface area contributed by atoms with E-state index in [0.29, 0.717) is 35.3 Å². The van der Waals surface area contributed by atoms with Crippen molar-refractivity contribution in [2.75, 3.05) is 32.8 Å². The van der Waals surface area contributed by atoms with Crippen LogP contribution in [-0.2, 0) is 4.79 Å². The molecule has 0 spiro atoms. The molecule has 1 amide bonds. The number of methoxy groups -OCH3 is 3. The Morgan fingerprint density at radius 2 is 1.50 bits per heavy atom. The zero-order valence-electron chi connectivity index (χ0n) is 19.6. The Kier molecular flexibility index (Phi) is 6.82. The number of carbonyl (C=O) groups excluding carboxylic acids is 1. The molecule has 0 bridgehead atoms. The maximum atomic E-state index is 13.5. The molecule has 7 heteroatoms. The van der Waals surface area contributed by atoms with E-state index >= 15 is 0 Å². The van der Waals surface area contributed by atoms with Crippen LogP contribution in [0.1, 0.15) is 18.1 Å². The summed E-state index contributed by atoms with van der Waals surface area (Å²) < 4.78 is 21.5. The van der Waals surface area contributed by atoms with Crippen LogP contribution in [0.4, 0.5) is 5.69 Å². The molecule has 0 saturated carbocycles. The van der Waals surface area contributed by atoms with Gasteiger partial charge in [0.2, 0.25) is 0 Å². The van der Waals surface area contributed by atoms with Crippen LogP contribution in [0.2, 0.25) is 0 Å². The van der Waals surface area contributed by atoms with Crippen molar-refractivity contribution in [1.82, 2.24) is 0 Å². The normalized spacial score (nSPS) is 14.2. The van der Waals surface area contributed by atoms with Crippen molar-refractivity contribution < 1.29 is 23.7 Å². The maximum Gasteiger partial charge on any atom is 0.282 e. The molecule has 0 saturated heterocycles. The maximum absolute atomic E-state index is 13.5. The number of amides is 1. The van der Waals surface area contributed by atoms with Gasteiger partial charge in [0.05, 0.1) is 33.6 Å². The molecule has 0 unspecified atom stereocenters. The Bertz CT molecular complexity index is 1230. The van der Waals surface area contributed by atoms with E-state index in [1.165, 1.54) is 0 Å². The molecule has 0 radical (unpaired) electrons. The number of amidine groups is 1. The highest BCUT2D eigenvalue weighted by Gasteiger charge is 2.32. The van der Waals surface area contributed by atoms with Crippen LogP contribution in [0.5, 0.6) is 23.0 Å². The number of anilines is 1. The summed E-state index contributed by atoms with van der Waals surface area (Å²) >= 11 is 0. The van der Waals surface area contributed by atoms with Crippen LogP contribution in [0.15, 0.2) is 77.4 Å². The first-order valence-electron chi connectivity index (χ1n) is 10.8. The average molecular weight is 459 g/mol. The molecule has 3 aromatic rings. The smallest absolute Gasteiger partial charge is 0.282 e. The second kappa shape index (κ2) is 10.1. The van der Waals surface area contributed by atoms with E-state index in [-0.39, 0.29) is 5.91 Å². The van der Waals surface area contributed by atoms with Crippen molar-refractivity contribution in [1.29, 1.82) is 0 Å². The lowest BCUT2D eigenvalue weighted by Gasteiger charge is -2.19. The van der Waals surface area contributed by atoms with Crippen molar-refractivity contribution in [2.45, 2.75) is 6.92 Å². The Balaban J connectivity index is 1.77. The van der Waals surface area contributed by atoms with Gasteiger partial charge >= 0.3 is 0 Å². The van der Waals surface area contributed by atoms with Gasteiger partial charge in [-0.1, -0.05) is 6.07 Å². The number of nitrogens with zero attached hydrogens (tertiary/aromatic N) is 2. The van der Waals surface area contributed by atoms with Crippen molar-refractivity contribution in [3.63, 3.8) is 0 Å². The molecule has 1 aliphatic heterocycles. The van der Waals surface area contributed by atoms with Crippen LogP contribution in [0, 0.1) is 0 Å². The lowest BCUT2D eigenvalue weighted by atomic mass is 10.1. The zero-order chi connectivity index (χ0) is 24.1. The van der Waals surface area contributed by atoms with Crippen LogP contribution in [0.25, 0.3) is 6.08 Å². The number of benzene rings is 3. The molecule has 34 heavy (non-hydrogen) atoms. The van der Waals surface area contributed by atoms with E-state index in [0.717, 1.165) is 22.6 Å². The molecular weight excluding hydrogens is 432 g/mol. The molecule has 1 aliphatic rings. The highest BCUT2D eigenvalue weighted by molar-refractivity contribution is 6.33. The van der Waals surface area contributed by atoms with E-state index in [4.69, 9.17) is 23.9 Å². The van der Waals surface area contributed by atoms with Gasteiger partial charge in [0.1, 0.15) is 23.0 Å². The standard InChI is InChI=1S/C27H26N2O5/c1-5-34-22-13-9-20(10-14-22)29-26(19-7-11-21(31-2)12-8-19)28-23(27(29)30)16-18-6-15-24(32-3)25(17-18)33-4/h6-17H,5H2,1-4H3/b23-16+. The number of ether oxygens (including phenoxy) is 4. The summed E-state index contributed by atoms with van der Waals surface area (Å²) in [6, 6.07) is 20.3. The summed E-state index contributed by atoms with van der Waals surface area (Å²) in [5, 5.41) is 0. The number of rotatable bonds is 8. The van der Waals surface area contributed by atoms with Crippen LogP contribution in [0.3, 0.4) is 0 Å². The third-order valence-electron chi connectivity index (χ3n) is 5.33. The molecule has 0 aliphatic carbocycles. The first-order valence-corrected chi connectivity index (χ1v) is 10.8. The minimum atomic E-state index is -0.232. The average Bonchev–Trinajstić information content (AvgIpc) is 3.20. The van der Waals surface area contributed by atoms with Gasteiger partial charge in [0, 0.05) is 5.56 Å². The molecular formula is C27H26N2O5. The quantitative estimate of drug-likeness (QED) is 0.447. The van der Waals surface area contributed by atoms with Crippen molar-refractivity contribution >= 4 is 23.5 Å². The third kappa shape index (κ3) is 4.59. The molecule has 0 atom stereocenters. The van der Waals surface area contributed by atoms with Crippen LogP contribution in [-0.4, -0.2) is 39.7 Å². The van der Waals surface area contributed by atoms with Crippen molar-refractivity contribution in [3.05, 3.63) is 83.6 Å². The van der Waals surface area contributed by atoms with Gasteiger partial charge < -0.3 is 18.9 Å². The Morgan fingerprint density at radius 1 is 0.824 bits per heavy atom. The predicted molar refractivity (Wildman–Crippen MR) is 132 cm³/mol. The number of hydrogen-bond donors (Lipinski definition) is 0. The van der Waals surface area contributed by atoms with Crippen LogP contribution < -0.4 is 23.8 Å². The summed E-state index contributed by atoms with van der Waals surface area (Å²) in [5.41, 5.74) is 2.57. The van der Waals surface area contributed by atoms with Gasteiger partial charge in [-0.05, 0) is 79.2 Å². The van der Waals surface area contributed by atoms with E-state index in [1.54, 1.807) is 44.4 Å². The molecule has 4 rings (SSSR count). The number of hydrogen-bond acceptors (Lipinski definition) is 6. The lowest BCUT2D eigenvalue weighted by Crippen LogP contribution is -2.32. The first kappa shape index (κ1) is 22.9. The monoisotopic (exact) mass is 458 g/mol. The minimum Gasteiger partial charge on any atom is -0.497 e. The SMILES string of the molecule is CCOc1ccc(N2C(=O)/C(=C\c3ccc(OC)c(OC)c3)N=C2c2ccc(OC)cc2)cc1. The Morgan fingerprint density at radius 3 is 2.12 bits per heavy atom. The summed E-state index contributed by atoms with van der Waals surface area (Å²) in [7, 11) is 4.77. The molecule has 3 aromatic carbocycles. The Hall–Kier alpha value is -4.26. The minimum absolute atomic E-state index is 0.232. The fourth-order valence-electron chi connectivity index (χ4n) is 3.65. The van der Waals surface area contributed by atoms with Gasteiger partial charge in [-0.25, -0.2) is 4.99 Å². The highest BCUT2D eigenvalue weighted by atomic mass is 16.5. The third-order valence-corrected chi connectivity index (χ3v) is 5.33. The van der Waals surface area contributed by atoms with Gasteiger partial charge in [0.25, 0.3) is 5.91 Å². The number of aliphatic imine (C=N–C) groups is 1. The predicted octanol–water partition coefficient (Wildman–Crippen LogP) is 4.95. The highest BCUT2D eigenvalue weighted by Crippen LogP contribution is 2.32. The van der Waals surface area contributed by atoms with E-state index < -0.39 is 0 Å². The van der Waals surface area contributed by atoms with Gasteiger partial charge in [0.15, 0.2) is 11.5 Å². The summed E-state index contributed by atoms with van der Waals surface area (Å²) in [6.07, 6.45) is 1.74. The molecule has 0 aromatic heterocycles. The molecule has 0 N–H and O–H groups in total. The van der Waals surface area contributed by atoms with E-state index in [2.05, 4.69) is 0 Å². The molecule has 1 heterocycles. The molecule has 174 valence electrons. The molecule has 7 nitrogen and oxygen atoms in total. The topological polar surface area (TPSA) is 69.6 Å². The van der Waals surface area contributed by atoms with Gasteiger partial charge in [-0.2, -0.15) is 0 Å². The zero-order valence-corrected chi connectivity index (χ0v) is 19.6. The van der Waals surface area contributed by atoms with Crippen molar-refractivity contribution in [3.8, 4) is 23.0 Å². The summed E-state index contributed by atoms with van der Waals surface area (Å²) in [4.78, 5) is 19.9. The Labute approximate surface area is 198 Å². The first-order chi connectivity index (χ1) is 16.6. The molecule has 0 fully saturated rings. The fraction of sp³-hybridized carbons (Fsp3) is 0.185. The fourth-order valence-corrected chi connectivity index (χ4v) is 3.65. The lowest BCUT2D eigenvalue weighted by molar-refractivity contribution is -0.113. The van der Waals surface area contributed by atoms with E-state index in [9.17, 15) is 4.79 Å².